The van der Waals surface area contributed by atoms with Crippen molar-refractivity contribution in [1.82, 2.24) is 14.7 Å². The molecule has 1 unspecified atom stereocenters. The van der Waals surface area contributed by atoms with E-state index < -0.39 is 0 Å². The van der Waals surface area contributed by atoms with E-state index >= 15 is 0 Å². The molecule has 0 radical (unpaired) electrons. The fourth-order valence-corrected chi connectivity index (χ4v) is 4.44. The second-order valence-electron chi connectivity index (χ2n) is 7.85. The molecule has 2 aliphatic carbocycles. The van der Waals surface area contributed by atoms with Gasteiger partial charge in [0.25, 0.3) is 5.56 Å². The first kappa shape index (κ1) is 15.4. The lowest BCUT2D eigenvalue weighted by molar-refractivity contribution is 0.171. The molecule has 2 saturated carbocycles. The van der Waals surface area contributed by atoms with Crippen molar-refractivity contribution in [1.29, 1.82) is 0 Å². The lowest BCUT2D eigenvalue weighted by Gasteiger charge is -2.31. The standard InChI is InChI=1S/C19H29N3O/c23-19-11-10-18(16-8-9-16)20-22(19)14-17-7-4-12-21(17)13-15-5-2-1-3-6-15/h10-11,15-17H,1-9,12-14H2. The normalized spacial score (nSPS) is 26.7. The molecule has 1 saturated heterocycles. The first-order valence-electron chi connectivity index (χ1n) is 9.62. The van der Waals surface area contributed by atoms with Gasteiger partial charge in [-0.05, 0) is 57.1 Å². The monoisotopic (exact) mass is 315 g/mol. The van der Waals surface area contributed by atoms with Crippen LogP contribution in [-0.4, -0.2) is 33.8 Å². The molecule has 3 fully saturated rings. The Balaban J connectivity index is 1.42. The van der Waals surface area contributed by atoms with Crippen LogP contribution in [0.1, 0.15) is 69.4 Å². The molecule has 1 aliphatic heterocycles. The molecule has 1 aromatic rings. The third kappa shape index (κ3) is 3.68. The highest BCUT2D eigenvalue weighted by Crippen LogP contribution is 2.38. The summed E-state index contributed by atoms with van der Waals surface area (Å²) in [6.07, 6.45) is 12.0. The lowest BCUT2D eigenvalue weighted by Crippen LogP contribution is -2.39. The number of hydrogen-bond donors (Lipinski definition) is 0. The van der Waals surface area contributed by atoms with Crippen LogP contribution in [0.25, 0.3) is 0 Å². The van der Waals surface area contributed by atoms with Gasteiger partial charge < -0.3 is 0 Å². The van der Waals surface area contributed by atoms with Crippen molar-refractivity contribution in [2.24, 2.45) is 5.92 Å². The van der Waals surface area contributed by atoms with E-state index in [1.165, 1.54) is 70.9 Å². The molecule has 126 valence electrons. The summed E-state index contributed by atoms with van der Waals surface area (Å²) in [5.74, 6) is 1.50. The average molecular weight is 315 g/mol. The zero-order valence-corrected chi connectivity index (χ0v) is 14.1. The largest absolute Gasteiger partial charge is 0.298 e. The van der Waals surface area contributed by atoms with Crippen LogP contribution < -0.4 is 5.56 Å². The Morgan fingerprint density at radius 3 is 2.57 bits per heavy atom. The predicted molar refractivity (Wildman–Crippen MR) is 91.6 cm³/mol. The minimum absolute atomic E-state index is 0.0684. The van der Waals surface area contributed by atoms with Crippen molar-refractivity contribution in [2.75, 3.05) is 13.1 Å². The third-order valence-electron chi connectivity index (χ3n) is 5.98. The maximum absolute atomic E-state index is 12.2. The maximum Gasteiger partial charge on any atom is 0.266 e. The molecule has 4 rings (SSSR count). The molecule has 4 heteroatoms. The molecule has 1 aromatic heterocycles. The molecule has 0 amide bonds. The molecule has 2 heterocycles. The highest BCUT2D eigenvalue weighted by atomic mass is 16.1. The van der Waals surface area contributed by atoms with Gasteiger partial charge in [-0.25, -0.2) is 4.68 Å². The number of aromatic nitrogens is 2. The average Bonchev–Trinajstić information content (AvgIpc) is 3.33. The summed E-state index contributed by atoms with van der Waals surface area (Å²) < 4.78 is 1.75. The zero-order valence-electron chi connectivity index (χ0n) is 14.1. The van der Waals surface area contributed by atoms with E-state index in [4.69, 9.17) is 0 Å². The minimum Gasteiger partial charge on any atom is -0.298 e. The minimum atomic E-state index is 0.0684. The van der Waals surface area contributed by atoms with Crippen molar-refractivity contribution in [3.63, 3.8) is 0 Å². The van der Waals surface area contributed by atoms with Crippen LogP contribution in [0.15, 0.2) is 16.9 Å². The number of rotatable bonds is 5. The van der Waals surface area contributed by atoms with E-state index in [-0.39, 0.29) is 5.56 Å². The summed E-state index contributed by atoms with van der Waals surface area (Å²) in [6, 6.07) is 4.17. The summed E-state index contributed by atoms with van der Waals surface area (Å²) in [5.41, 5.74) is 1.19. The Kier molecular flexibility index (Phi) is 4.52. The molecule has 3 aliphatic rings. The summed E-state index contributed by atoms with van der Waals surface area (Å²) >= 11 is 0. The fraction of sp³-hybridized carbons (Fsp3) is 0.789. The summed E-state index contributed by atoms with van der Waals surface area (Å²) in [7, 11) is 0. The van der Waals surface area contributed by atoms with Crippen LogP contribution in [0, 0.1) is 5.92 Å². The Labute approximate surface area is 138 Å². The zero-order chi connectivity index (χ0) is 15.6. The van der Waals surface area contributed by atoms with Gasteiger partial charge >= 0.3 is 0 Å². The molecule has 0 N–H and O–H groups in total. The van der Waals surface area contributed by atoms with E-state index in [2.05, 4.69) is 10.00 Å². The second-order valence-corrected chi connectivity index (χ2v) is 7.85. The lowest BCUT2D eigenvalue weighted by atomic mass is 9.89. The van der Waals surface area contributed by atoms with Gasteiger partial charge in [-0.15, -0.1) is 0 Å². The molecule has 4 nitrogen and oxygen atoms in total. The van der Waals surface area contributed by atoms with Gasteiger partial charge in [0.1, 0.15) is 0 Å². The first-order valence-corrected chi connectivity index (χ1v) is 9.62. The number of hydrogen-bond acceptors (Lipinski definition) is 3. The van der Waals surface area contributed by atoms with E-state index in [1.54, 1.807) is 10.7 Å². The van der Waals surface area contributed by atoms with Gasteiger partial charge in [0.15, 0.2) is 0 Å². The van der Waals surface area contributed by atoms with E-state index in [0.29, 0.717) is 12.0 Å². The smallest absolute Gasteiger partial charge is 0.266 e. The Bertz CT molecular complexity index is 587. The number of nitrogens with zero attached hydrogens (tertiary/aromatic N) is 3. The molecular formula is C19H29N3O. The molecule has 0 bridgehead atoms. The van der Waals surface area contributed by atoms with Crippen molar-refractivity contribution < 1.29 is 0 Å². The second kappa shape index (κ2) is 6.76. The molecule has 0 aromatic carbocycles. The third-order valence-corrected chi connectivity index (χ3v) is 5.98. The highest BCUT2D eigenvalue weighted by Gasteiger charge is 2.29. The predicted octanol–water partition coefficient (Wildman–Crippen LogP) is 3.17. The molecule has 23 heavy (non-hydrogen) atoms. The first-order chi connectivity index (χ1) is 11.3. The SMILES string of the molecule is O=c1ccc(C2CC2)nn1CC1CCCN1CC1CCCCC1. The topological polar surface area (TPSA) is 38.1 Å². The quantitative estimate of drug-likeness (QED) is 0.837. The van der Waals surface area contributed by atoms with Crippen LogP contribution in [0.4, 0.5) is 0 Å². The van der Waals surface area contributed by atoms with Crippen molar-refractivity contribution >= 4 is 0 Å². The molecule has 1 atom stereocenters. The Hall–Kier alpha value is -1.16. The Morgan fingerprint density at radius 2 is 1.78 bits per heavy atom. The van der Waals surface area contributed by atoms with Crippen LogP contribution in [0.2, 0.25) is 0 Å². The van der Waals surface area contributed by atoms with Crippen molar-refractivity contribution in [3.05, 3.63) is 28.2 Å². The van der Waals surface area contributed by atoms with Crippen LogP contribution in [0.5, 0.6) is 0 Å². The van der Waals surface area contributed by atoms with Crippen LogP contribution in [-0.2, 0) is 6.54 Å². The Morgan fingerprint density at radius 1 is 0.957 bits per heavy atom. The van der Waals surface area contributed by atoms with Crippen molar-refractivity contribution in [2.45, 2.75) is 76.3 Å². The van der Waals surface area contributed by atoms with Gasteiger partial charge in [-0.2, -0.15) is 5.10 Å². The van der Waals surface area contributed by atoms with Crippen molar-refractivity contribution in [3.8, 4) is 0 Å². The van der Waals surface area contributed by atoms with Gasteiger partial charge in [0, 0.05) is 24.6 Å². The van der Waals surface area contributed by atoms with Gasteiger partial charge in [0.05, 0.1) is 12.2 Å². The fourth-order valence-electron chi connectivity index (χ4n) is 4.44. The molecular weight excluding hydrogens is 286 g/mol. The summed E-state index contributed by atoms with van der Waals surface area (Å²) in [5, 5.41) is 4.66. The van der Waals surface area contributed by atoms with E-state index in [9.17, 15) is 4.79 Å². The molecule has 0 spiro atoms. The van der Waals surface area contributed by atoms with Gasteiger partial charge in [-0.1, -0.05) is 19.3 Å². The highest BCUT2D eigenvalue weighted by molar-refractivity contribution is 5.12. The van der Waals surface area contributed by atoms with E-state index in [0.717, 1.165) is 18.2 Å². The van der Waals surface area contributed by atoms with E-state index in [1.807, 2.05) is 6.07 Å². The van der Waals surface area contributed by atoms with Gasteiger partial charge in [0.2, 0.25) is 0 Å². The van der Waals surface area contributed by atoms with Gasteiger partial charge in [-0.3, -0.25) is 9.69 Å². The summed E-state index contributed by atoms with van der Waals surface area (Å²) in [4.78, 5) is 14.8. The maximum atomic E-state index is 12.2. The number of likely N-dealkylation sites (tertiary alicyclic amines) is 1. The van der Waals surface area contributed by atoms with Crippen LogP contribution in [0.3, 0.4) is 0 Å². The summed E-state index contributed by atoms with van der Waals surface area (Å²) in [6.45, 7) is 3.23. The van der Waals surface area contributed by atoms with Crippen LogP contribution >= 0.6 is 0 Å².